The molecule has 0 spiro atoms. The van der Waals surface area contributed by atoms with Gasteiger partial charge in [0.05, 0.1) is 12.1 Å². The Kier molecular flexibility index (Phi) is 6.41. The molecule has 7 heteroatoms. The molecule has 0 bridgehead atoms. The molecule has 1 fully saturated rings. The number of piperidine rings is 1. The van der Waals surface area contributed by atoms with E-state index >= 15 is 0 Å². The van der Waals surface area contributed by atoms with E-state index in [-0.39, 0.29) is 11.7 Å². The van der Waals surface area contributed by atoms with Gasteiger partial charge in [-0.2, -0.15) is 11.8 Å². The zero-order valence-corrected chi connectivity index (χ0v) is 18.0. The molecule has 1 aromatic heterocycles. The molecule has 0 atom stereocenters. The second kappa shape index (κ2) is 8.99. The van der Waals surface area contributed by atoms with E-state index in [1.807, 2.05) is 11.8 Å². The third-order valence-corrected chi connectivity index (χ3v) is 7.79. The van der Waals surface area contributed by atoms with Gasteiger partial charge in [-0.25, -0.2) is 0 Å². The fourth-order valence-corrected chi connectivity index (χ4v) is 6.31. The van der Waals surface area contributed by atoms with Gasteiger partial charge in [0.2, 0.25) is 5.91 Å². The Morgan fingerprint density at radius 2 is 1.86 bits per heavy atom. The molecule has 0 aliphatic carbocycles. The van der Waals surface area contributed by atoms with Gasteiger partial charge in [-0.05, 0) is 67.9 Å². The van der Waals surface area contributed by atoms with Crippen LogP contribution in [0, 0.1) is 0 Å². The highest BCUT2D eigenvalue weighted by molar-refractivity contribution is 7.98. The van der Waals surface area contributed by atoms with Gasteiger partial charge >= 0.3 is 0 Å². The van der Waals surface area contributed by atoms with Gasteiger partial charge in [-0.3, -0.25) is 14.5 Å². The highest BCUT2D eigenvalue weighted by atomic mass is 35.5. The Balaban J connectivity index is 1.59. The molecular weight excluding hydrogens is 412 g/mol. The Labute approximate surface area is 178 Å². The molecule has 2 aromatic rings. The van der Waals surface area contributed by atoms with Crippen molar-refractivity contribution >= 4 is 51.4 Å². The molecule has 0 unspecified atom stereocenters. The number of carbonyl (C=O) groups is 2. The Morgan fingerprint density at radius 3 is 2.61 bits per heavy atom. The number of nitrogens with one attached hydrogen (secondary N) is 1. The monoisotopic (exact) mass is 434 g/mol. The summed E-state index contributed by atoms with van der Waals surface area (Å²) in [6.07, 6.45) is 4.41. The lowest BCUT2D eigenvalue weighted by atomic mass is 9.98. The summed E-state index contributed by atoms with van der Waals surface area (Å²) >= 11 is 9.41. The number of hydrogen-bond acceptors (Lipinski definition) is 5. The molecule has 4 rings (SSSR count). The largest absolute Gasteiger partial charge is 0.316 e. The van der Waals surface area contributed by atoms with Crippen molar-refractivity contribution in [2.24, 2.45) is 0 Å². The second-order valence-electron chi connectivity index (χ2n) is 7.23. The van der Waals surface area contributed by atoms with E-state index in [0.29, 0.717) is 27.7 Å². The van der Waals surface area contributed by atoms with Crippen LogP contribution in [0.4, 0.5) is 5.00 Å². The van der Waals surface area contributed by atoms with Crippen molar-refractivity contribution in [3.63, 3.8) is 0 Å². The Bertz CT molecular complexity index is 873. The van der Waals surface area contributed by atoms with Crippen molar-refractivity contribution in [1.82, 2.24) is 4.90 Å². The first kappa shape index (κ1) is 20.0. The van der Waals surface area contributed by atoms with Crippen molar-refractivity contribution in [2.45, 2.75) is 31.4 Å². The molecule has 2 aliphatic rings. The summed E-state index contributed by atoms with van der Waals surface area (Å²) in [6, 6.07) is 6.98. The first-order chi connectivity index (χ1) is 13.6. The van der Waals surface area contributed by atoms with Crippen LogP contribution in [0.3, 0.4) is 0 Å². The number of ketones is 1. The number of anilines is 1. The van der Waals surface area contributed by atoms with E-state index in [2.05, 4.69) is 10.2 Å². The van der Waals surface area contributed by atoms with E-state index in [1.54, 1.807) is 35.6 Å². The molecule has 3 heterocycles. The van der Waals surface area contributed by atoms with Crippen LogP contribution in [-0.4, -0.2) is 42.0 Å². The van der Waals surface area contributed by atoms with Crippen LogP contribution >= 0.6 is 34.7 Å². The number of benzene rings is 1. The third kappa shape index (κ3) is 4.46. The maximum absolute atomic E-state index is 13.3. The highest BCUT2D eigenvalue weighted by Gasteiger charge is 2.27. The summed E-state index contributed by atoms with van der Waals surface area (Å²) in [6.45, 7) is 2.34. The fraction of sp³-hybridized carbons (Fsp3) is 0.429. The topological polar surface area (TPSA) is 49.4 Å². The molecule has 1 amide bonds. The average molecular weight is 435 g/mol. The predicted octanol–water partition coefficient (Wildman–Crippen LogP) is 4.85. The summed E-state index contributed by atoms with van der Waals surface area (Å²) in [7, 11) is 0. The van der Waals surface area contributed by atoms with Crippen LogP contribution in [-0.2, 0) is 17.0 Å². The van der Waals surface area contributed by atoms with E-state index in [1.165, 1.54) is 11.3 Å². The molecule has 0 radical (unpaired) electrons. The molecule has 1 aromatic carbocycles. The van der Waals surface area contributed by atoms with E-state index in [0.717, 1.165) is 49.4 Å². The lowest BCUT2D eigenvalue weighted by Gasteiger charge is -2.25. The minimum absolute atomic E-state index is 0.0293. The SMILES string of the molecule is O=C(CN1CCCCC1)Nc1sc2c(c1C(=O)c1ccc(Cl)cc1)CCSC2. The maximum Gasteiger partial charge on any atom is 0.239 e. The molecule has 148 valence electrons. The Hall–Kier alpha value is -1.34. The van der Waals surface area contributed by atoms with Gasteiger partial charge in [0.1, 0.15) is 5.00 Å². The average Bonchev–Trinajstić information content (AvgIpc) is 3.06. The zero-order chi connectivity index (χ0) is 19.5. The van der Waals surface area contributed by atoms with Crippen molar-refractivity contribution in [3.05, 3.63) is 50.9 Å². The lowest BCUT2D eigenvalue weighted by molar-refractivity contribution is -0.117. The van der Waals surface area contributed by atoms with E-state index in [9.17, 15) is 9.59 Å². The number of likely N-dealkylation sites (tertiary alicyclic amines) is 1. The van der Waals surface area contributed by atoms with Gasteiger partial charge in [0, 0.05) is 21.2 Å². The quantitative estimate of drug-likeness (QED) is 0.683. The molecule has 1 N–H and O–H groups in total. The summed E-state index contributed by atoms with van der Waals surface area (Å²) < 4.78 is 0. The van der Waals surface area contributed by atoms with E-state index < -0.39 is 0 Å². The standard InChI is InChI=1S/C21H23ClN2O2S2/c22-15-6-4-14(5-7-15)20(26)19-16-8-11-27-13-17(16)28-21(19)23-18(25)12-24-9-2-1-3-10-24/h4-7H,1-3,8-13H2,(H,23,25). The number of fused-ring (bicyclic) bond motifs is 1. The molecule has 0 saturated carbocycles. The summed E-state index contributed by atoms with van der Waals surface area (Å²) in [5.41, 5.74) is 2.39. The maximum atomic E-state index is 13.3. The number of nitrogens with zero attached hydrogens (tertiary/aromatic N) is 1. The van der Waals surface area contributed by atoms with Crippen molar-refractivity contribution < 1.29 is 9.59 Å². The van der Waals surface area contributed by atoms with Crippen LogP contribution in [0.25, 0.3) is 0 Å². The molecule has 28 heavy (non-hydrogen) atoms. The van der Waals surface area contributed by atoms with Crippen molar-refractivity contribution in [2.75, 3.05) is 30.7 Å². The molecular formula is C21H23ClN2O2S2. The number of carbonyl (C=O) groups excluding carboxylic acids is 2. The minimum atomic E-state index is -0.0330. The highest BCUT2D eigenvalue weighted by Crippen LogP contribution is 2.40. The normalized spacial score (nSPS) is 17.2. The van der Waals surface area contributed by atoms with Crippen molar-refractivity contribution in [3.8, 4) is 0 Å². The number of amides is 1. The number of thioether (sulfide) groups is 1. The minimum Gasteiger partial charge on any atom is -0.316 e. The van der Waals surface area contributed by atoms with E-state index in [4.69, 9.17) is 11.6 Å². The van der Waals surface area contributed by atoms with Gasteiger partial charge < -0.3 is 5.32 Å². The molecule has 4 nitrogen and oxygen atoms in total. The van der Waals surface area contributed by atoms with Crippen LogP contribution in [0.1, 0.15) is 45.6 Å². The smallest absolute Gasteiger partial charge is 0.239 e. The third-order valence-electron chi connectivity index (χ3n) is 5.22. The fourth-order valence-electron chi connectivity index (χ4n) is 3.79. The Morgan fingerprint density at radius 1 is 1.11 bits per heavy atom. The first-order valence-corrected chi connectivity index (χ1v) is 12.0. The first-order valence-electron chi connectivity index (χ1n) is 9.66. The molecule has 2 aliphatic heterocycles. The lowest BCUT2D eigenvalue weighted by Crippen LogP contribution is -2.36. The molecule has 1 saturated heterocycles. The summed E-state index contributed by atoms with van der Waals surface area (Å²) in [4.78, 5) is 29.4. The van der Waals surface area contributed by atoms with Gasteiger partial charge in [0.25, 0.3) is 0 Å². The number of hydrogen-bond donors (Lipinski definition) is 1. The van der Waals surface area contributed by atoms with Crippen LogP contribution in [0.5, 0.6) is 0 Å². The summed E-state index contributed by atoms with van der Waals surface area (Å²) in [5.74, 6) is 1.85. The van der Waals surface area contributed by atoms with Gasteiger partial charge in [-0.1, -0.05) is 18.0 Å². The zero-order valence-electron chi connectivity index (χ0n) is 15.6. The van der Waals surface area contributed by atoms with Gasteiger partial charge in [-0.15, -0.1) is 11.3 Å². The number of halogens is 1. The number of rotatable bonds is 5. The predicted molar refractivity (Wildman–Crippen MR) is 118 cm³/mol. The van der Waals surface area contributed by atoms with Crippen LogP contribution in [0.15, 0.2) is 24.3 Å². The van der Waals surface area contributed by atoms with Crippen LogP contribution in [0.2, 0.25) is 5.02 Å². The number of thiophene rings is 1. The summed E-state index contributed by atoms with van der Waals surface area (Å²) in [5, 5.41) is 4.37. The van der Waals surface area contributed by atoms with Crippen LogP contribution < -0.4 is 5.32 Å². The van der Waals surface area contributed by atoms with Crippen molar-refractivity contribution in [1.29, 1.82) is 0 Å². The van der Waals surface area contributed by atoms with Gasteiger partial charge in [0.15, 0.2) is 5.78 Å². The second-order valence-corrected chi connectivity index (χ2v) is 9.88.